The number of pyridine rings is 1. The summed E-state index contributed by atoms with van der Waals surface area (Å²) in [5.74, 6) is 0.555. The molecule has 0 spiro atoms. The molecule has 114 valence electrons. The number of nitrogens with two attached hydrogens (primary N) is 1. The molecule has 0 saturated carbocycles. The van der Waals surface area contributed by atoms with Gasteiger partial charge in [-0.25, -0.2) is 0 Å². The molecule has 1 atom stereocenters. The van der Waals surface area contributed by atoms with Crippen molar-refractivity contribution < 1.29 is 0 Å². The van der Waals surface area contributed by atoms with Gasteiger partial charge in [0.15, 0.2) is 0 Å². The molecule has 20 heavy (non-hydrogen) atoms. The zero-order valence-corrected chi connectivity index (χ0v) is 13.8. The summed E-state index contributed by atoms with van der Waals surface area (Å²) in [6, 6.07) is 6.24. The molecule has 0 aliphatic heterocycles. The number of hydrogen-bond acceptors (Lipinski definition) is 3. The summed E-state index contributed by atoms with van der Waals surface area (Å²) >= 11 is 0. The van der Waals surface area contributed by atoms with E-state index in [9.17, 15) is 0 Å². The highest BCUT2D eigenvalue weighted by Gasteiger charge is 2.20. The Morgan fingerprint density at radius 2 is 2.00 bits per heavy atom. The maximum Gasteiger partial charge on any atom is 0.0547 e. The van der Waals surface area contributed by atoms with Crippen LogP contribution >= 0.6 is 0 Å². The molecular weight excluding hydrogens is 246 g/mol. The molecule has 3 nitrogen and oxygen atoms in total. The van der Waals surface area contributed by atoms with Gasteiger partial charge in [0, 0.05) is 18.8 Å². The van der Waals surface area contributed by atoms with Crippen LogP contribution in [0, 0.1) is 18.3 Å². The lowest BCUT2D eigenvalue weighted by atomic mass is 9.84. The molecule has 0 bridgehead atoms. The zero-order valence-electron chi connectivity index (χ0n) is 13.8. The highest BCUT2D eigenvalue weighted by atomic mass is 15.1. The fraction of sp³-hybridized carbons (Fsp3) is 0.706. The number of aryl methyl sites for hydroxylation is 1. The van der Waals surface area contributed by atoms with E-state index >= 15 is 0 Å². The lowest BCUT2D eigenvalue weighted by Crippen LogP contribution is -2.34. The van der Waals surface area contributed by atoms with E-state index in [0.29, 0.717) is 11.3 Å². The van der Waals surface area contributed by atoms with Crippen molar-refractivity contribution >= 4 is 0 Å². The molecule has 1 rings (SSSR count). The van der Waals surface area contributed by atoms with E-state index in [0.717, 1.165) is 37.6 Å². The van der Waals surface area contributed by atoms with Crippen LogP contribution in [0.5, 0.6) is 0 Å². The number of nitrogens with zero attached hydrogens (tertiary/aromatic N) is 2. The number of hydrogen-bond donors (Lipinski definition) is 1. The Morgan fingerprint density at radius 1 is 1.30 bits per heavy atom. The molecular formula is C17H31N3. The second-order valence-corrected chi connectivity index (χ2v) is 6.96. The Labute approximate surface area is 124 Å². The maximum atomic E-state index is 5.96. The van der Waals surface area contributed by atoms with E-state index in [1.807, 2.05) is 13.0 Å². The fourth-order valence-electron chi connectivity index (χ4n) is 2.68. The maximum absolute atomic E-state index is 5.96. The van der Waals surface area contributed by atoms with Gasteiger partial charge < -0.3 is 5.73 Å². The topological polar surface area (TPSA) is 42.2 Å². The van der Waals surface area contributed by atoms with Gasteiger partial charge in [-0.2, -0.15) is 0 Å². The molecule has 1 aromatic rings. The average Bonchev–Trinajstić information content (AvgIpc) is 2.35. The third-order valence-corrected chi connectivity index (χ3v) is 3.53. The number of rotatable bonds is 7. The van der Waals surface area contributed by atoms with E-state index < -0.39 is 0 Å². The molecule has 3 heteroatoms. The van der Waals surface area contributed by atoms with Gasteiger partial charge in [-0.15, -0.1) is 0 Å². The Kier molecular flexibility index (Phi) is 6.63. The predicted molar refractivity (Wildman–Crippen MR) is 86.5 cm³/mol. The SMILES string of the molecule is CCN(Cc1cccc(C)n1)CC(CN)CC(C)(C)C. The van der Waals surface area contributed by atoms with Crippen molar-refractivity contribution in [3.63, 3.8) is 0 Å². The van der Waals surface area contributed by atoms with Gasteiger partial charge in [-0.1, -0.05) is 33.8 Å². The predicted octanol–water partition coefficient (Wildman–Crippen LogP) is 3.22. The zero-order chi connectivity index (χ0) is 15.2. The molecule has 1 heterocycles. The van der Waals surface area contributed by atoms with Gasteiger partial charge >= 0.3 is 0 Å². The van der Waals surface area contributed by atoms with E-state index in [1.165, 1.54) is 6.42 Å². The van der Waals surface area contributed by atoms with Gasteiger partial charge in [0.05, 0.1) is 5.69 Å². The summed E-state index contributed by atoms with van der Waals surface area (Å²) in [5.41, 5.74) is 8.53. The molecule has 0 fully saturated rings. The lowest BCUT2D eigenvalue weighted by molar-refractivity contribution is 0.193. The summed E-state index contributed by atoms with van der Waals surface area (Å²) in [6.07, 6.45) is 1.17. The van der Waals surface area contributed by atoms with E-state index in [-0.39, 0.29) is 0 Å². The van der Waals surface area contributed by atoms with Crippen molar-refractivity contribution in [1.82, 2.24) is 9.88 Å². The van der Waals surface area contributed by atoms with Gasteiger partial charge in [-0.3, -0.25) is 9.88 Å². The van der Waals surface area contributed by atoms with Crippen LogP contribution in [0.1, 0.15) is 45.5 Å². The van der Waals surface area contributed by atoms with Crippen LogP contribution < -0.4 is 5.73 Å². The lowest BCUT2D eigenvalue weighted by Gasteiger charge is -2.30. The molecule has 0 amide bonds. The minimum Gasteiger partial charge on any atom is -0.330 e. The molecule has 0 aliphatic rings. The minimum absolute atomic E-state index is 0.338. The van der Waals surface area contributed by atoms with Crippen LogP contribution in [0.15, 0.2) is 18.2 Å². The summed E-state index contributed by atoms with van der Waals surface area (Å²) < 4.78 is 0. The first-order chi connectivity index (χ1) is 9.34. The van der Waals surface area contributed by atoms with Crippen molar-refractivity contribution in [2.75, 3.05) is 19.6 Å². The van der Waals surface area contributed by atoms with Gasteiger partial charge in [-0.05, 0) is 49.9 Å². The summed E-state index contributed by atoms with van der Waals surface area (Å²) in [4.78, 5) is 7.05. The molecule has 2 N–H and O–H groups in total. The van der Waals surface area contributed by atoms with Gasteiger partial charge in [0.2, 0.25) is 0 Å². The molecule has 1 unspecified atom stereocenters. The van der Waals surface area contributed by atoms with E-state index in [1.54, 1.807) is 0 Å². The standard InChI is InChI=1S/C17H31N3/c1-6-20(12-15(11-18)10-17(3,4)5)13-16-9-7-8-14(2)19-16/h7-9,15H,6,10-13,18H2,1-5H3. The van der Waals surface area contributed by atoms with Gasteiger partial charge in [0.1, 0.15) is 0 Å². The van der Waals surface area contributed by atoms with Crippen LogP contribution in [-0.4, -0.2) is 29.5 Å². The first kappa shape index (κ1) is 17.1. The number of aromatic nitrogens is 1. The normalized spacial score (nSPS) is 13.8. The van der Waals surface area contributed by atoms with Crippen LogP contribution in [0.4, 0.5) is 0 Å². The smallest absolute Gasteiger partial charge is 0.0547 e. The van der Waals surface area contributed by atoms with E-state index in [4.69, 9.17) is 5.73 Å². The second kappa shape index (κ2) is 7.75. The molecule has 0 saturated heterocycles. The van der Waals surface area contributed by atoms with Crippen molar-refractivity contribution in [2.24, 2.45) is 17.1 Å². The third kappa shape index (κ3) is 6.49. The molecule has 0 aliphatic carbocycles. The van der Waals surface area contributed by atoms with Crippen LogP contribution in [0.3, 0.4) is 0 Å². The first-order valence-electron chi connectivity index (χ1n) is 7.69. The van der Waals surface area contributed by atoms with Crippen molar-refractivity contribution in [1.29, 1.82) is 0 Å². The largest absolute Gasteiger partial charge is 0.330 e. The Morgan fingerprint density at radius 3 is 2.50 bits per heavy atom. The minimum atomic E-state index is 0.338. The summed E-state index contributed by atoms with van der Waals surface area (Å²) in [7, 11) is 0. The average molecular weight is 277 g/mol. The van der Waals surface area contributed by atoms with Crippen LogP contribution in [0.25, 0.3) is 0 Å². The highest BCUT2D eigenvalue weighted by Crippen LogP contribution is 2.24. The molecule has 0 aromatic carbocycles. The monoisotopic (exact) mass is 277 g/mol. The third-order valence-electron chi connectivity index (χ3n) is 3.53. The Balaban J connectivity index is 2.61. The fourth-order valence-corrected chi connectivity index (χ4v) is 2.68. The van der Waals surface area contributed by atoms with Gasteiger partial charge in [0.25, 0.3) is 0 Å². The second-order valence-electron chi connectivity index (χ2n) is 6.96. The van der Waals surface area contributed by atoms with Crippen molar-refractivity contribution in [2.45, 2.75) is 47.6 Å². The van der Waals surface area contributed by atoms with Crippen LogP contribution in [-0.2, 0) is 6.54 Å². The Bertz CT molecular complexity index is 395. The molecule has 0 radical (unpaired) electrons. The first-order valence-corrected chi connectivity index (χ1v) is 7.69. The van der Waals surface area contributed by atoms with Crippen molar-refractivity contribution in [3.8, 4) is 0 Å². The summed E-state index contributed by atoms with van der Waals surface area (Å²) in [6.45, 7) is 14.9. The Hall–Kier alpha value is -0.930. The van der Waals surface area contributed by atoms with E-state index in [2.05, 4.69) is 49.7 Å². The molecule has 1 aromatic heterocycles. The quantitative estimate of drug-likeness (QED) is 0.832. The highest BCUT2D eigenvalue weighted by molar-refractivity contribution is 5.09. The summed E-state index contributed by atoms with van der Waals surface area (Å²) in [5, 5.41) is 0. The van der Waals surface area contributed by atoms with Crippen LogP contribution in [0.2, 0.25) is 0 Å². The van der Waals surface area contributed by atoms with Crippen molar-refractivity contribution in [3.05, 3.63) is 29.6 Å².